The number of aromatic nitrogens is 2. The highest BCUT2D eigenvalue weighted by molar-refractivity contribution is 5.98. The van der Waals surface area contributed by atoms with E-state index in [2.05, 4.69) is 9.97 Å². The zero-order chi connectivity index (χ0) is 13.3. The van der Waals surface area contributed by atoms with Gasteiger partial charge in [-0.3, -0.25) is 4.79 Å². The van der Waals surface area contributed by atoms with Gasteiger partial charge in [0.1, 0.15) is 11.4 Å². The van der Waals surface area contributed by atoms with Gasteiger partial charge >= 0.3 is 0 Å². The third-order valence-corrected chi connectivity index (χ3v) is 2.67. The quantitative estimate of drug-likeness (QED) is 0.833. The number of nitrogens with zero attached hydrogens (tertiary/aromatic N) is 2. The minimum Gasteiger partial charge on any atom is -0.383 e. The van der Waals surface area contributed by atoms with E-state index in [9.17, 15) is 4.79 Å². The molecular formula is C13H14N4O. The van der Waals surface area contributed by atoms with E-state index in [1.165, 1.54) is 0 Å². The highest BCUT2D eigenvalue weighted by Gasteiger charge is 2.14. The molecule has 0 aliphatic rings. The molecule has 2 aromatic rings. The fourth-order valence-electron chi connectivity index (χ4n) is 1.73. The second kappa shape index (κ2) is 4.44. The molecule has 5 nitrogen and oxygen atoms in total. The summed E-state index contributed by atoms with van der Waals surface area (Å²) in [5.74, 6) is 0.000955. The molecule has 1 amide bonds. The Bertz CT molecular complexity index is 582. The summed E-state index contributed by atoms with van der Waals surface area (Å²) in [4.78, 5) is 19.6. The molecular weight excluding hydrogens is 228 g/mol. The Morgan fingerprint density at radius 1 is 1.11 bits per heavy atom. The Labute approximate surface area is 105 Å². The van der Waals surface area contributed by atoms with Gasteiger partial charge in [0.05, 0.1) is 5.69 Å². The maximum Gasteiger partial charge on any atom is 0.254 e. The SMILES string of the molecule is Cc1ccc(-c2nc(C)c(C(N)=O)c(N)n2)cc1. The normalized spacial score (nSPS) is 10.3. The van der Waals surface area contributed by atoms with Gasteiger partial charge in [0.15, 0.2) is 5.82 Å². The predicted molar refractivity (Wildman–Crippen MR) is 69.9 cm³/mol. The van der Waals surface area contributed by atoms with E-state index in [1.54, 1.807) is 6.92 Å². The molecule has 0 spiro atoms. The van der Waals surface area contributed by atoms with E-state index >= 15 is 0 Å². The first-order chi connectivity index (χ1) is 8.49. The van der Waals surface area contributed by atoms with Gasteiger partial charge in [-0.05, 0) is 13.8 Å². The lowest BCUT2D eigenvalue weighted by molar-refractivity contribution is 0.1000. The largest absolute Gasteiger partial charge is 0.383 e. The van der Waals surface area contributed by atoms with E-state index in [1.807, 2.05) is 31.2 Å². The Kier molecular flexibility index (Phi) is 2.97. The monoisotopic (exact) mass is 242 g/mol. The molecule has 18 heavy (non-hydrogen) atoms. The number of carbonyl (C=O) groups excluding carboxylic acids is 1. The van der Waals surface area contributed by atoms with E-state index < -0.39 is 5.91 Å². The minimum absolute atomic E-state index is 0.116. The number of rotatable bonds is 2. The van der Waals surface area contributed by atoms with Crippen LogP contribution in [-0.4, -0.2) is 15.9 Å². The van der Waals surface area contributed by atoms with E-state index in [0.717, 1.165) is 11.1 Å². The van der Waals surface area contributed by atoms with Crippen LogP contribution in [0.2, 0.25) is 0 Å². The summed E-state index contributed by atoms with van der Waals surface area (Å²) in [6, 6.07) is 7.75. The molecule has 0 saturated carbocycles. The standard InChI is InChI=1S/C13H14N4O/c1-7-3-5-9(6-4-7)13-16-8(2)10(12(15)18)11(14)17-13/h3-6H,1-2H3,(H2,15,18)(H2,14,16,17). The van der Waals surface area contributed by atoms with Crippen molar-refractivity contribution in [3.63, 3.8) is 0 Å². The van der Waals surface area contributed by atoms with Crippen LogP contribution in [-0.2, 0) is 0 Å². The summed E-state index contributed by atoms with van der Waals surface area (Å²) in [5, 5.41) is 0. The van der Waals surface area contributed by atoms with Gasteiger partial charge in [-0.1, -0.05) is 29.8 Å². The number of nitrogen functional groups attached to an aromatic ring is 1. The first kappa shape index (κ1) is 12.0. The van der Waals surface area contributed by atoms with Crippen LogP contribution < -0.4 is 11.5 Å². The molecule has 2 rings (SSSR count). The number of amides is 1. The maximum absolute atomic E-state index is 11.2. The van der Waals surface area contributed by atoms with E-state index in [4.69, 9.17) is 11.5 Å². The lowest BCUT2D eigenvalue weighted by Crippen LogP contribution is -2.17. The molecule has 1 heterocycles. The number of carbonyl (C=O) groups is 1. The molecule has 1 aromatic carbocycles. The molecule has 0 unspecified atom stereocenters. The van der Waals surface area contributed by atoms with Gasteiger partial charge in [-0.25, -0.2) is 9.97 Å². The van der Waals surface area contributed by atoms with Crippen molar-refractivity contribution in [2.24, 2.45) is 5.73 Å². The average Bonchev–Trinajstić information content (AvgIpc) is 2.28. The number of hydrogen-bond acceptors (Lipinski definition) is 4. The summed E-state index contributed by atoms with van der Waals surface area (Å²) in [5.41, 5.74) is 13.6. The van der Waals surface area contributed by atoms with Crippen LogP contribution in [0.25, 0.3) is 11.4 Å². The van der Waals surface area contributed by atoms with Crippen LogP contribution in [0.15, 0.2) is 24.3 Å². The van der Waals surface area contributed by atoms with Crippen molar-refractivity contribution in [2.45, 2.75) is 13.8 Å². The molecule has 0 bridgehead atoms. The van der Waals surface area contributed by atoms with Gasteiger partial charge < -0.3 is 11.5 Å². The fraction of sp³-hybridized carbons (Fsp3) is 0.154. The van der Waals surface area contributed by atoms with Gasteiger partial charge in [0.25, 0.3) is 5.91 Å². The Balaban J connectivity index is 2.54. The van der Waals surface area contributed by atoms with Gasteiger partial charge in [0.2, 0.25) is 0 Å². The summed E-state index contributed by atoms with van der Waals surface area (Å²) in [6.07, 6.45) is 0. The highest BCUT2D eigenvalue weighted by atomic mass is 16.1. The zero-order valence-corrected chi connectivity index (χ0v) is 10.3. The number of hydrogen-bond donors (Lipinski definition) is 2. The Morgan fingerprint density at radius 3 is 2.22 bits per heavy atom. The third-order valence-electron chi connectivity index (χ3n) is 2.67. The van der Waals surface area contributed by atoms with Gasteiger partial charge in [0, 0.05) is 5.56 Å². The summed E-state index contributed by atoms with van der Waals surface area (Å²) >= 11 is 0. The van der Waals surface area contributed by atoms with Crippen molar-refractivity contribution in [3.8, 4) is 11.4 Å². The second-order valence-corrected chi connectivity index (χ2v) is 4.12. The topological polar surface area (TPSA) is 94.9 Å². The van der Waals surface area contributed by atoms with E-state index in [0.29, 0.717) is 11.5 Å². The molecule has 0 aliphatic heterocycles. The second-order valence-electron chi connectivity index (χ2n) is 4.12. The molecule has 1 aromatic heterocycles. The summed E-state index contributed by atoms with van der Waals surface area (Å²) < 4.78 is 0. The molecule has 0 saturated heterocycles. The summed E-state index contributed by atoms with van der Waals surface area (Å²) in [7, 11) is 0. The lowest BCUT2D eigenvalue weighted by atomic mass is 10.1. The molecule has 0 aliphatic carbocycles. The van der Waals surface area contributed by atoms with Crippen LogP contribution in [0.3, 0.4) is 0 Å². The van der Waals surface area contributed by atoms with Crippen LogP contribution in [0.5, 0.6) is 0 Å². The maximum atomic E-state index is 11.2. The Hall–Kier alpha value is -2.43. The first-order valence-electron chi connectivity index (χ1n) is 5.50. The van der Waals surface area contributed by atoms with Crippen molar-refractivity contribution >= 4 is 11.7 Å². The Morgan fingerprint density at radius 2 is 1.72 bits per heavy atom. The first-order valence-corrected chi connectivity index (χ1v) is 5.50. The van der Waals surface area contributed by atoms with Crippen molar-refractivity contribution in [1.29, 1.82) is 0 Å². The van der Waals surface area contributed by atoms with Crippen LogP contribution in [0.4, 0.5) is 5.82 Å². The van der Waals surface area contributed by atoms with Gasteiger partial charge in [-0.15, -0.1) is 0 Å². The molecule has 0 fully saturated rings. The lowest BCUT2D eigenvalue weighted by Gasteiger charge is -2.08. The number of anilines is 1. The fourth-order valence-corrected chi connectivity index (χ4v) is 1.73. The smallest absolute Gasteiger partial charge is 0.254 e. The van der Waals surface area contributed by atoms with Crippen molar-refractivity contribution in [3.05, 3.63) is 41.1 Å². The van der Waals surface area contributed by atoms with Crippen LogP contribution in [0, 0.1) is 13.8 Å². The number of benzene rings is 1. The summed E-state index contributed by atoms with van der Waals surface area (Å²) in [6.45, 7) is 3.69. The molecule has 92 valence electrons. The molecule has 5 heteroatoms. The van der Waals surface area contributed by atoms with Crippen LogP contribution in [0.1, 0.15) is 21.6 Å². The minimum atomic E-state index is -0.611. The highest BCUT2D eigenvalue weighted by Crippen LogP contribution is 2.20. The van der Waals surface area contributed by atoms with Crippen molar-refractivity contribution < 1.29 is 4.79 Å². The zero-order valence-electron chi connectivity index (χ0n) is 10.3. The number of nitrogens with two attached hydrogens (primary N) is 2. The van der Waals surface area contributed by atoms with Crippen molar-refractivity contribution in [1.82, 2.24) is 9.97 Å². The number of aryl methyl sites for hydroxylation is 2. The number of primary amides is 1. The van der Waals surface area contributed by atoms with E-state index in [-0.39, 0.29) is 11.4 Å². The average molecular weight is 242 g/mol. The van der Waals surface area contributed by atoms with Crippen molar-refractivity contribution in [2.75, 3.05) is 5.73 Å². The molecule has 0 radical (unpaired) electrons. The molecule has 0 atom stereocenters. The predicted octanol–water partition coefficient (Wildman–Crippen LogP) is 1.44. The molecule has 4 N–H and O–H groups in total. The van der Waals surface area contributed by atoms with Crippen LogP contribution >= 0.6 is 0 Å². The van der Waals surface area contributed by atoms with Gasteiger partial charge in [-0.2, -0.15) is 0 Å². The third kappa shape index (κ3) is 2.15.